The Kier molecular flexibility index (Phi) is 6.41. The van der Waals surface area contributed by atoms with Crippen molar-refractivity contribution in [1.29, 1.82) is 0 Å². The molecule has 6 nitrogen and oxygen atoms in total. The second-order valence-electron chi connectivity index (χ2n) is 5.24. The van der Waals surface area contributed by atoms with Crippen LogP contribution in [-0.4, -0.2) is 38.9 Å². The molecule has 2 rings (SSSR count). The summed E-state index contributed by atoms with van der Waals surface area (Å²) in [4.78, 5) is 10.9. The van der Waals surface area contributed by atoms with Crippen LogP contribution in [-0.2, 0) is 21.2 Å². The molecule has 2 aromatic rings. The van der Waals surface area contributed by atoms with Crippen molar-refractivity contribution >= 4 is 27.6 Å². The van der Waals surface area contributed by atoms with Crippen LogP contribution in [0.2, 0.25) is 5.02 Å². The number of benzene rings is 2. The largest absolute Gasteiger partial charge is 0.549 e. The van der Waals surface area contributed by atoms with E-state index < -0.39 is 22.5 Å². The summed E-state index contributed by atoms with van der Waals surface area (Å²) in [6.07, 6.45) is 0.372. The SMILES string of the molecule is COc1ccc(S(=O)(=O)N(CCc2ccccc2)CC(=O)[O-])cc1Cl. The maximum absolute atomic E-state index is 12.8. The number of sulfonamides is 1. The number of nitrogens with zero attached hydrogens (tertiary/aromatic N) is 1. The van der Waals surface area contributed by atoms with Crippen molar-refractivity contribution in [3.8, 4) is 5.75 Å². The fourth-order valence-electron chi connectivity index (χ4n) is 2.28. The number of halogens is 1. The van der Waals surface area contributed by atoms with Crippen molar-refractivity contribution < 1.29 is 23.1 Å². The predicted octanol–water partition coefficient (Wildman–Crippen LogP) is 1.33. The highest BCUT2D eigenvalue weighted by molar-refractivity contribution is 7.89. The van der Waals surface area contributed by atoms with Crippen molar-refractivity contribution in [3.05, 3.63) is 59.1 Å². The third kappa shape index (κ3) is 4.94. The van der Waals surface area contributed by atoms with Crippen LogP contribution in [0.15, 0.2) is 53.4 Å². The maximum Gasteiger partial charge on any atom is 0.243 e. The lowest BCUT2D eigenvalue weighted by atomic mass is 10.1. The van der Waals surface area contributed by atoms with Crippen LogP contribution in [0.1, 0.15) is 5.56 Å². The zero-order valence-corrected chi connectivity index (χ0v) is 15.1. The number of carbonyl (C=O) groups is 1. The number of ether oxygens (including phenoxy) is 1. The first-order valence-corrected chi connectivity index (χ1v) is 9.24. The number of methoxy groups -OCH3 is 1. The van der Waals surface area contributed by atoms with Crippen molar-refractivity contribution in [2.45, 2.75) is 11.3 Å². The second-order valence-corrected chi connectivity index (χ2v) is 7.59. The van der Waals surface area contributed by atoms with E-state index in [-0.39, 0.29) is 16.5 Å². The Morgan fingerprint density at radius 3 is 2.44 bits per heavy atom. The van der Waals surface area contributed by atoms with Gasteiger partial charge in [0.2, 0.25) is 10.0 Å². The number of hydrogen-bond acceptors (Lipinski definition) is 5. The Bertz CT molecular complexity index is 839. The summed E-state index contributed by atoms with van der Waals surface area (Å²) >= 11 is 5.98. The van der Waals surface area contributed by atoms with Crippen molar-refractivity contribution in [2.24, 2.45) is 0 Å². The molecular formula is C17H17ClNO5S-. The highest BCUT2D eigenvalue weighted by Gasteiger charge is 2.25. The minimum absolute atomic E-state index is 0.00394. The van der Waals surface area contributed by atoms with Crippen molar-refractivity contribution in [3.63, 3.8) is 0 Å². The smallest absolute Gasteiger partial charge is 0.243 e. The summed E-state index contributed by atoms with van der Waals surface area (Å²) in [5.74, 6) is -1.15. The molecule has 0 atom stereocenters. The first kappa shape index (κ1) is 19.2. The fourth-order valence-corrected chi connectivity index (χ4v) is 4.02. The van der Waals surface area contributed by atoms with Gasteiger partial charge in [0.05, 0.1) is 29.5 Å². The first-order valence-electron chi connectivity index (χ1n) is 7.42. The van der Waals surface area contributed by atoms with Crippen LogP contribution in [0, 0.1) is 0 Å². The third-order valence-corrected chi connectivity index (χ3v) is 5.70. The van der Waals surface area contributed by atoms with E-state index in [9.17, 15) is 18.3 Å². The highest BCUT2D eigenvalue weighted by atomic mass is 35.5. The van der Waals surface area contributed by atoms with E-state index in [1.165, 1.54) is 25.3 Å². The van der Waals surface area contributed by atoms with Crippen molar-refractivity contribution in [2.75, 3.05) is 20.2 Å². The van der Waals surface area contributed by atoms with Gasteiger partial charge >= 0.3 is 0 Å². The Labute approximate surface area is 151 Å². The van der Waals surface area contributed by atoms with E-state index in [0.29, 0.717) is 12.2 Å². The standard InChI is InChI=1S/C17H18ClNO5S/c1-24-16-8-7-14(11-15(16)18)25(22,23)19(12-17(20)21)10-9-13-5-3-2-4-6-13/h2-8,11H,9-10,12H2,1H3,(H,20,21)/p-1. The summed E-state index contributed by atoms with van der Waals surface area (Å²) in [5.41, 5.74) is 0.897. The monoisotopic (exact) mass is 382 g/mol. The number of carbonyl (C=O) groups excluding carboxylic acids is 1. The first-order chi connectivity index (χ1) is 11.8. The molecule has 25 heavy (non-hydrogen) atoms. The number of carboxylic acid groups (broad SMARTS) is 1. The van der Waals surface area contributed by atoms with Gasteiger partial charge in [-0.2, -0.15) is 4.31 Å². The van der Waals surface area contributed by atoms with Gasteiger partial charge in [-0.3, -0.25) is 0 Å². The topological polar surface area (TPSA) is 86.7 Å². The summed E-state index contributed by atoms with van der Waals surface area (Å²) in [7, 11) is -2.63. The molecule has 0 aliphatic rings. The van der Waals surface area contributed by atoms with Gasteiger partial charge in [0.25, 0.3) is 0 Å². The molecule has 0 saturated carbocycles. The molecule has 134 valence electrons. The van der Waals surface area contributed by atoms with Gasteiger partial charge in [0.1, 0.15) is 5.75 Å². The average Bonchev–Trinajstić information content (AvgIpc) is 2.59. The molecule has 2 aromatic carbocycles. The molecule has 0 radical (unpaired) electrons. The number of aliphatic carboxylic acids is 1. The molecule has 0 unspecified atom stereocenters. The molecular weight excluding hydrogens is 366 g/mol. The summed E-state index contributed by atoms with van der Waals surface area (Å²) in [5, 5.41) is 11.1. The van der Waals surface area contributed by atoms with Gasteiger partial charge in [-0.15, -0.1) is 0 Å². The lowest BCUT2D eigenvalue weighted by Crippen LogP contribution is -2.42. The van der Waals surface area contributed by atoms with Gasteiger partial charge in [-0.05, 0) is 30.2 Å². The average molecular weight is 383 g/mol. The lowest BCUT2D eigenvalue weighted by Gasteiger charge is -2.23. The van der Waals surface area contributed by atoms with Crippen LogP contribution in [0.3, 0.4) is 0 Å². The van der Waals surface area contributed by atoms with Gasteiger partial charge in [-0.1, -0.05) is 41.9 Å². The van der Waals surface area contributed by atoms with Crippen LogP contribution in [0.4, 0.5) is 0 Å². The van der Waals surface area contributed by atoms with E-state index in [0.717, 1.165) is 9.87 Å². The number of rotatable bonds is 8. The van der Waals surface area contributed by atoms with E-state index in [2.05, 4.69) is 0 Å². The molecule has 0 saturated heterocycles. The third-order valence-electron chi connectivity index (χ3n) is 3.56. The quantitative estimate of drug-likeness (QED) is 0.687. The Morgan fingerprint density at radius 1 is 1.20 bits per heavy atom. The second kappa shape index (κ2) is 8.33. The minimum Gasteiger partial charge on any atom is -0.549 e. The minimum atomic E-state index is -4.04. The highest BCUT2D eigenvalue weighted by Crippen LogP contribution is 2.28. The molecule has 0 aromatic heterocycles. The molecule has 0 fully saturated rings. The van der Waals surface area contributed by atoms with Crippen LogP contribution in [0.5, 0.6) is 5.75 Å². The van der Waals surface area contributed by atoms with Gasteiger partial charge in [0, 0.05) is 6.54 Å². The summed E-state index contributed by atoms with van der Waals surface area (Å²) in [6, 6.07) is 13.2. The summed E-state index contributed by atoms with van der Waals surface area (Å²) < 4.78 is 31.4. The Hall–Kier alpha value is -2.09. The zero-order chi connectivity index (χ0) is 18.4. The number of hydrogen-bond donors (Lipinski definition) is 0. The molecule has 0 aliphatic carbocycles. The van der Waals surface area contributed by atoms with Crippen LogP contribution >= 0.6 is 11.6 Å². The molecule has 0 N–H and O–H groups in total. The van der Waals surface area contributed by atoms with Gasteiger partial charge < -0.3 is 14.6 Å². The normalized spacial score (nSPS) is 11.5. The van der Waals surface area contributed by atoms with E-state index in [1.54, 1.807) is 0 Å². The van der Waals surface area contributed by atoms with Crippen LogP contribution in [0.25, 0.3) is 0 Å². The summed E-state index contributed by atoms with van der Waals surface area (Å²) in [6.45, 7) is -0.733. The maximum atomic E-state index is 12.8. The Morgan fingerprint density at radius 2 is 1.88 bits per heavy atom. The predicted molar refractivity (Wildman–Crippen MR) is 91.9 cm³/mol. The van der Waals surface area contributed by atoms with Gasteiger partial charge in [0.15, 0.2) is 0 Å². The molecule has 0 aliphatic heterocycles. The van der Waals surface area contributed by atoms with E-state index in [1.807, 2.05) is 30.3 Å². The van der Waals surface area contributed by atoms with Gasteiger partial charge in [-0.25, -0.2) is 8.42 Å². The number of carboxylic acids is 1. The van der Waals surface area contributed by atoms with Crippen LogP contribution < -0.4 is 9.84 Å². The molecule has 0 bridgehead atoms. The molecule has 0 amide bonds. The molecule has 0 heterocycles. The molecule has 0 spiro atoms. The lowest BCUT2D eigenvalue weighted by molar-refractivity contribution is -0.305. The molecule has 8 heteroatoms. The van der Waals surface area contributed by atoms with E-state index in [4.69, 9.17) is 16.3 Å². The fraction of sp³-hybridized carbons (Fsp3) is 0.235. The zero-order valence-electron chi connectivity index (χ0n) is 13.5. The van der Waals surface area contributed by atoms with Crippen molar-refractivity contribution in [1.82, 2.24) is 4.31 Å². The van der Waals surface area contributed by atoms with E-state index >= 15 is 0 Å². The Balaban J connectivity index is 2.28.